The van der Waals surface area contributed by atoms with Crippen LogP contribution in [0.2, 0.25) is 5.02 Å². The maximum Gasteiger partial charge on any atom is 0.0741 e. The minimum Gasteiger partial charge on any atom is -0.396 e. The van der Waals surface area contributed by atoms with Crippen LogP contribution in [-0.4, -0.2) is 24.3 Å². The summed E-state index contributed by atoms with van der Waals surface area (Å²) in [6, 6.07) is 5.68. The van der Waals surface area contributed by atoms with E-state index in [-0.39, 0.29) is 6.10 Å². The summed E-state index contributed by atoms with van der Waals surface area (Å²) in [4.78, 5) is 2.19. The Morgan fingerprint density at radius 2 is 2.31 bits per heavy atom. The molecule has 88 valence electrons. The Bertz CT molecular complexity index is 381. The number of rotatable bonds is 2. The van der Waals surface area contributed by atoms with Crippen molar-refractivity contribution in [3.8, 4) is 0 Å². The number of halogens is 1. The molecule has 0 amide bonds. The second-order valence-electron chi connectivity index (χ2n) is 4.41. The van der Waals surface area contributed by atoms with E-state index in [4.69, 9.17) is 17.3 Å². The third kappa shape index (κ3) is 2.11. The van der Waals surface area contributed by atoms with Gasteiger partial charge < -0.3 is 15.7 Å². The lowest BCUT2D eigenvalue weighted by atomic mass is 10.0. The number of nitrogen functional groups attached to an aromatic ring is 1. The maximum atomic E-state index is 9.56. The predicted molar refractivity (Wildman–Crippen MR) is 67.9 cm³/mol. The van der Waals surface area contributed by atoms with Gasteiger partial charge >= 0.3 is 0 Å². The molecule has 1 aromatic rings. The average Bonchev–Trinajstić information content (AvgIpc) is 2.71. The van der Waals surface area contributed by atoms with Gasteiger partial charge in [0.2, 0.25) is 0 Å². The molecule has 0 radical (unpaired) electrons. The summed E-state index contributed by atoms with van der Waals surface area (Å²) >= 11 is 5.99. The fourth-order valence-electron chi connectivity index (χ4n) is 2.20. The molecular formula is C12H17ClN2O. The molecule has 1 aliphatic rings. The van der Waals surface area contributed by atoms with Crippen LogP contribution in [0.4, 0.5) is 11.4 Å². The Morgan fingerprint density at radius 3 is 2.94 bits per heavy atom. The van der Waals surface area contributed by atoms with Gasteiger partial charge in [0.15, 0.2) is 0 Å². The molecule has 0 aliphatic carbocycles. The average molecular weight is 241 g/mol. The summed E-state index contributed by atoms with van der Waals surface area (Å²) in [5, 5.41) is 10.2. The SMILES string of the molecule is CC(O)C1CCN(c2cccc(Cl)c2N)C1. The van der Waals surface area contributed by atoms with Gasteiger partial charge in [0.05, 0.1) is 22.5 Å². The number of nitrogens with zero attached hydrogens (tertiary/aromatic N) is 1. The summed E-state index contributed by atoms with van der Waals surface area (Å²) in [6.07, 6.45) is 0.745. The monoisotopic (exact) mass is 240 g/mol. The first-order valence-electron chi connectivity index (χ1n) is 5.56. The molecule has 0 spiro atoms. The number of anilines is 2. The zero-order chi connectivity index (χ0) is 11.7. The molecular weight excluding hydrogens is 224 g/mol. The lowest BCUT2D eigenvalue weighted by molar-refractivity contribution is 0.136. The zero-order valence-electron chi connectivity index (χ0n) is 9.36. The van der Waals surface area contributed by atoms with Crippen LogP contribution < -0.4 is 10.6 Å². The topological polar surface area (TPSA) is 49.5 Å². The van der Waals surface area contributed by atoms with Crippen molar-refractivity contribution in [1.82, 2.24) is 0 Å². The minimum absolute atomic E-state index is 0.259. The van der Waals surface area contributed by atoms with Crippen LogP contribution >= 0.6 is 11.6 Å². The van der Waals surface area contributed by atoms with Gasteiger partial charge in [-0.1, -0.05) is 17.7 Å². The van der Waals surface area contributed by atoms with Crippen molar-refractivity contribution in [2.75, 3.05) is 23.7 Å². The number of aliphatic hydroxyl groups excluding tert-OH is 1. The Hall–Kier alpha value is -0.930. The lowest BCUT2D eigenvalue weighted by Crippen LogP contribution is -2.24. The first kappa shape index (κ1) is 11.6. The molecule has 3 N–H and O–H groups in total. The lowest BCUT2D eigenvalue weighted by Gasteiger charge is -2.21. The van der Waals surface area contributed by atoms with Crippen LogP contribution in [0.25, 0.3) is 0 Å². The van der Waals surface area contributed by atoms with Crippen LogP contribution in [0.3, 0.4) is 0 Å². The molecule has 0 saturated carbocycles. The van der Waals surface area contributed by atoms with Gasteiger partial charge in [-0.05, 0) is 25.5 Å². The van der Waals surface area contributed by atoms with E-state index in [0.29, 0.717) is 16.6 Å². The Kier molecular flexibility index (Phi) is 3.26. The largest absolute Gasteiger partial charge is 0.396 e. The standard InChI is InChI=1S/C12H17ClN2O/c1-8(16)9-5-6-15(7-9)11-4-2-3-10(13)12(11)14/h2-4,8-9,16H,5-7,14H2,1H3. The molecule has 1 aromatic carbocycles. The van der Waals surface area contributed by atoms with Crippen LogP contribution in [0, 0.1) is 5.92 Å². The Balaban J connectivity index is 2.17. The fraction of sp³-hybridized carbons (Fsp3) is 0.500. The van der Waals surface area contributed by atoms with E-state index < -0.39 is 0 Å². The number of nitrogens with two attached hydrogens (primary N) is 1. The van der Waals surface area contributed by atoms with Gasteiger partial charge in [0.25, 0.3) is 0 Å². The summed E-state index contributed by atoms with van der Waals surface area (Å²) in [6.45, 7) is 3.62. The molecule has 0 aromatic heterocycles. The molecule has 2 unspecified atom stereocenters. The quantitative estimate of drug-likeness (QED) is 0.779. The van der Waals surface area contributed by atoms with Crippen LogP contribution in [0.1, 0.15) is 13.3 Å². The molecule has 1 heterocycles. The van der Waals surface area contributed by atoms with Crippen molar-refractivity contribution in [3.63, 3.8) is 0 Å². The van der Waals surface area contributed by atoms with E-state index in [1.54, 1.807) is 6.07 Å². The minimum atomic E-state index is -0.259. The predicted octanol–water partition coefficient (Wildman–Crippen LogP) is 2.13. The number of hydrogen-bond acceptors (Lipinski definition) is 3. The van der Waals surface area contributed by atoms with Crippen LogP contribution in [-0.2, 0) is 0 Å². The van der Waals surface area contributed by atoms with Gasteiger partial charge in [-0.2, -0.15) is 0 Å². The zero-order valence-corrected chi connectivity index (χ0v) is 10.1. The number of hydrogen-bond donors (Lipinski definition) is 2. The van der Waals surface area contributed by atoms with Gasteiger partial charge in [-0.25, -0.2) is 0 Å². The van der Waals surface area contributed by atoms with E-state index in [9.17, 15) is 5.11 Å². The van der Waals surface area contributed by atoms with Crippen LogP contribution in [0.15, 0.2) is 18.2 Å². The van der Waals surface area contributed by atoms with E-state index in [1.807, 2.05) is 19.1 Å². The van der Waals surface area contributed by atoms with Crippen molar-refractivity contribution in [2.45, 2.75) is 19.4 Å². The molecule has 1 saturated heterocycles. The van der Waals surface area contributed by atoms with Gasteiger partial charge in [-0.15, -0.1) is 0 Å². The molecule has 4 heteroatoms. The van der Waals surface area contributed by atoms with Gasteiger partial charge in [0, 0.05) is 19.0 Å². The van der Waals surface area contributed by atoms with Crippen molar-refractivity contribution in [1.29, 1.82) is 0 Å². The van der Waals surface area contributed by atoms with E-state index in [1.165, 1.54) is 0 Å². The Labute approximate surface area is 101 Å². The molecule has 2 rings (SSSR count). The maximum absolute atomic E-state index is 9.56. The second-order valence-corrected chi connectivity index (χ2v) is 4.82. The van der Waals surface area contributed by atoms with E-state index in [2.05, 4.69) is 4.90 Å². The first-order chi connectivity index (χ1) is 7.59. The molecule has 1 fully saturated rings. The van der Waals surface area contributed by atoms with Gasteiger partial charge in [-0.3, -0.25) is 0 Å². The van der Waals surface area contributed by atoms with E-state index in [0.717, 1.165) is 25.2 Å². The Morgan fingerprint density at radius 1 is 1.56 bits per heavy atom. The fourth-order valence-corrected chi connectivity index (χ4v) is 2.37. The highest BCUT2D eigenvalue weighted by Gasteiger charge is 2.27. The molecule has 16 heavy (non-hydrogen) atoms. The summed E-state index contributed by atoms with van der Waals surface area (Å²) < 4.78 is 0. The van der Waals surface area contributed by atoms with Crippen molar-refractivity contribution >= 4 is 23.0 Å². The second kappa shape index (κ2) is 4.52. The summed E-state index contributed by atoms with van der Waals surface area (Å²) in [5.74, 6) is 0.332. The van der Waals surface area contributed by atoms with Crippen molar-refractivity contribution < 1.29 is 5.11 Å². The number of aliphatic hydroxyl groups is 1. The number of benzene rings is 1. The van der Waals surface area contributed by atoms with Gasteiger partial charge in [0.1, 0.15) is 0 Å². The molecule has 2 atom stereocenters. The molecule has 0 bridgehead atoms. The summed E-state index contributed by atoms with van der Waals surface area (Å²) in [7, 11) is 0. The van der Waals surface area contributed by atoms with E-state index >= 15 is 0 Å². The highest BCUT2D eigenvalue weighted by molar-refractivity contribution is 6.33. The third-order valence-electron chi connectivity index (χ3n) is 3.28. The third-order valence-corrected chi connectivity index (χ3v) is 3.61. The van der Waals surface area contributed by atoms with Crippen molar-refractivity contribution in [3.05, 3.63) is 23.2 Å². The highest BCUT2D eigenvalue weighted by Crippen LogP contribution is 2.33. The van der Waals surface area contributed by atoms with Crippen molar-refractivity contribution in [2.24, 2.45) is 5.92 Å². The summed E-state index contributed by atoms with van der Waals surface area (Å²) in [5.41, 5.74) is 7.56. The molecule has 1 aliphatic heterocycles. The molecule has 3 nitrogen and oxygen atoms in total. The highest BCUT2D eigenvalue weighted by atomic mass is 35.5. The van der Waals surface area contributed by atoms with Crippen LogP contribution in [0.5, 0.6) is 0 Å². The smallest absolute Gasteiger partial charge is 0.0741 e. The first-order valence-corrected chi connectivity index (χ1v) is 5.94. The number of para-hydroxylation sites is 1. The normalized spacial score (nSPS) is 22.4.